The average Bonchev–Trinajstić information content (AvgIpc) is 2.84. The van der Waals surface area contributed by atoms with Gasteiger partial charge in [-0.1, -0.05) is 18.2 Å². The molecule has 2 amide bonds. The van der Waals surface area contributed by atoms with Crippen molar-refractivity contribution in [2.75, 3.05) is 32.7 Å². The summed E-state index contributed by atoms with van der Waals surface area (Å²) >= 11 is 0. The Morgan fingerprint density at radius 1 is 1.17 bits per heavy atom. The SMILES string of the molecule is CCN1CC=C(CNCCN2C(=O)c3ccccc3C2=O)C=C1F. The zero-order valence-electron chi connectivity index (χ0n) is 13.6. The topological polar surface area (TPSA) is 52.6 Å². The molecule has 24 heavy (non-hydrogen) atoms. The van der Waals surface area contributed by atoms with Crippen LogP contribution in [0.15, 0.2) is 47.9 Å². The molecule has 0 saturated carbocycles. The van der Waals surface area contributed by atoms with Crippen molar-refractivity contribution < 1.29 is 14.0 Å². The summed E-state index contributed by atoms with van der Waals surface area (Å²) in [5, 5.41) is 3.16. The van der Waals surface area contributed by atoms with Gasteiger partial charge in [-0.25, -0.2) is 0 Å². The van der Waals surface area contributed by atoms with Gasteiger partial charge in [0.25, 0.3) is 11.8 Å². The summed E-state index contributed by atoms with van der Waals surface area (Å²) in [6.45, 7) is 4.39. The number of likely N-dealkylation sites (N-methyl/N-ethyl adjacent to an activating group) is 1. The smallest absolute Gasteiger partial charge is 0.261 e. The van der Waals surface area contributed by atoms with Crippen LogP contribution in [0.3, 0.4) is 0 Å². The Kier molecular flexibility index (Phi) is 4.76. The third-order valence-electron chi connectivity index (χ3n) is 4.28. The second-order valence-electron chi connectivity index (χ2n) is 5.77. The van der Waals surface area contributed by atoms with Gasteiger partial charge in [0.2, 0.25) is 0 Å². The van der Waals surface area contributed by atoms with Gasteiger partial charge in [-0.2, -0.15) is 4.39 Å². The number of benzene rings is 1. The van der Waals surface area contributed by atoms with Crippen LogP contribution in [0.2, 0.25) is 0 Å². The Labute approximate surface area is 140 Å². The average molecular weight is 329 g/mol. The summed E-state index contributed by atoms with van der Waals surface area (Å²) < 4.78 is 13.7. The Bertz CT molecular complexity index is 692. The number of nitrogens with one attached hydrogen (secondary N) is 1. The number of nitrogens with zero attached hydrogens (tertiary/aromatic N) is 2. The second kappa shape index (κ2) is 6.97. The molecule has 0 radical (unpaired) electrons. The van der Waals surface area contributed by atoms with E-state index in [1.54, 1.807) is 29.2 Å². The summed E-state index contributed by atoms with van der Waals surface area (Å²) in [6.07, 6.45) is 3.49. The largest absolute Gasteiger partial charge is 0.345 e. The Hall–Kier alpha value is -2.47. The minimum Gasteiger partial charge on any atom is -0.345 e. The molecule has 2 heterocycles. The number of halogens is 1. The van der Waals surface area contributed by atoms with Gasteiger partial charge in [0.05, 0.1) is 11.1 Å². The lowest BCUT2D eigenvalue weighted by Gasteiger charge is -2.23. The normalized spacial score (nSPS) is 17.1. The van der Waals surface area contributed by atoms with Gasteiger partial charge in [0.15, 0.2) is 5.95 Å². The van der Waals surface area contributed by atoms with Gasteiger partial charge >= 0.3 is 0 Å². The fourth-order valence-corrected chi connectivity index (χ4v) is 2.89. The Morgan fingerprint density at radius 2 is 1.83 bits per heavy atom. The van der Waals surface area contributed by atoms with Crippen molar-refractivity contribution in [2.45, 2.75) is 6.92 Å². The second-order valence-corrected chi connectivity index (χ2v) is 5.77. The number of imide groups is 1. The van der Waals surface area contributed by atoms with Crippen LogP contribution in [-0.2, 0) is 0 Å². The number of amides is 2. The first-order valence-corrected chi connectivity index (χ1v) is 8.09. The molecule has 1 N–H and O–H groups in total. The fourth-order valence-electron chi connectivity index (χ4n) is 2.89. The van der Waals surface area contributed by atoms with Gasteiger partial charge in [0, 0.05) is 32.7 Å². The molecule has 2 aliphatic heterocycles. The summed E-state index contributed by atoms with van der Waals surface area (Å²) in [7, 11) is 0. The van der Waals surface area contributed by atoms with Crippen molar-refractivity contribution in [3.8, 4) is 0 Å². The first-order valence-electron chi connectivity index (χ1n) is 8.09. The molecule has 0 fully saturated rings. The van der Waals surface area contributed by atoms with Gasteiger partial charge in [-0.3, -0.25) is 14.5 Å². The van der Waals surface area contributed by atoms with E-state index in [0.717, 1.165) is 5.57 Å². The maximum absolute atomic E-state index is 13.7. The molecule has 0 aliphatic carbocycles. The Balaban J connectivity index is 1.49. The molecule has 0 atom stereocenters. The van der Waals surface area contributed by atoms with Crippen molar-refractivity contribution in [3.63, 3.8) is 0 Å². The molecular formula is C18H20FN3O2. The number of hydrogen-bond donors (Lipinski definition) is 1. The first kappa shape index (κ1) is 16.4. The summed E-state index contributed by atoms with van der Waals surface area (Å²) in [5.41, 5.74) is 1.80. The summed E-state index contributed by atoms with van der Waals surface area (Å²) in [6, 6.07) is 6.84. The zero-order valence-corrected chi connectivity index (χ0v) is 13.6. The molecule has 1 aromatic rings. The molecule has 1 aromatic carbocycles. The molecule has 0 aromatic heterocycles. The van der Waals surface area contributed by atoms with E-state index in [0.29, 0.717) is 43.9 Å². The van der Waals surface area contributed by atoms with Gasteiger partial charge in [-0.15, -0.1) is 0 Å². The van der Waals surface area contributed by atoms with E-state index >= 15 is 0 Å². The maximum Gasteiger partial charge on any atom is 0.261 e. The molecule has 0 saturated heterocycles. The van der Waals surface area contributed by atoms with Crippen LogP contribution in [0.5, 0.6) is 0 Å². The quantitative estimate of drug-likeness (QED) is 0.492. The number of hydrogen-bond acceptors (Lipinski definition) is 4. The molecular weight excluding hydrogens is 309 g/mol. The van der Waals surface area contributed by atoms with Crippen LogP contribution in [-0.4, -0.2) is 54.3 Å². The van der Waals surface area contributed by atoms with Crippen molar-refractivity contribution >= 4 is 11.8 Å². The molecule has 126 valence electrons. The predicted molar refractivity (Wildman–Crippen MR) is 89.2 cm³/mol. The van der Waals surface area contributed by atoms with Crippen molar-refractivity contribution in [3.05, 3.63) is 59.1 Å². The Morgan fingerprint density at radius 3 is 2.42 bits per heavy atom. The first-order chi connectivity index (χ1) is 11.6. The highest BCUT2D eigenvalue weighted by molar-refractivity contribution is 6.21. The van der Waals surface area contributed by atoms with E-state index in [1.165, 1.54) is 11.0 Å². The number of rotatable bonds is 6. The van der Waals surface area contributed by atoms with Crippen LogP contribution in [0, 0.1) is 0 Å². The third kappa shape index (κ3) is 3.10. The molecule has 0 spiro atoms. The van der Waals surface area contributed by atoms with E-state index in [-0.39, 0.29) is 17.8 Å². The van der Waals surface area contributed by atoms with Crippen LogP contribution < -0.4 is 5.32 Å². The molecule has 0 unspecified atom stereocenters. The lowest BCUT2D eigenvalue weighted by molar-refractivity contribution is 0.0656. The number of carbonyl (C=O) groups excluding carboxylic acids is 2. The van der Waals surface area contributed by atoms with Gasteiger partial charge in [-0.05, 0) is 30.7 Å². The highest BCUT2D eigenvalue weighted by Crippen LogP contribution is 2.21. The van der Waals surface area contributed by atoms with Crippen LogP contribution in [0.25, 0.3) is 0 Å². The standard InChI is InChI=1S/C18H20FN3O2/c1-2-21-9-7-13(11-16(21)19)12-20-8-10-22-17(23)14-5-3-4-6-15(14)18(22)24/h3-7,11,20H,2,8-10,12H2,1H3. The maximum atomic E-state index is 13.7. The summed E-state index contributed by atoms with van der Waals surface area (Å²) in [5.74, 6) is -0.727. The highest BCUT2D eigenvalue weighted by Gasteiger charge is 2.34. The van der Waals surface area contributed by atoms with E-state index in [4.69, 9.17) is 0 Å². The predicted octanol–water partition coefficient (Wildman–Crippen LogP) is 1.95. The zero-order chi connectivity index (χ0) is 17.1. The van der Waals surface area contributed by atoms with E-state index in [9.17, 15) is 14.0 Å². The van der Waals surface area contributed by atoms with Crippen LogP contribution >= 0.6 is 0 Å². The molecule has 3 rings (SSSR count). The lowest BCUT2D eigenvalue weighted by atomic mass is 10.1. The van der Waals surface area contributed by atoms with Crippen molar-refractivity contribution in [1.29, 1.82) is 0 Å². The minimum absolute atomic E-state index is 0.225. The molecule has 5 nitrogen and oxygen atoms in total. The number of carbonyl (C=O) groups is 2. The van der Waals surface area contributed by atoms with Gasteiger partial charge < -0.3 is 10.2 Å². The minimum atomic E-state index is -0.251. The third-order valence-corrected chi connectivity index (χ3v) is 4.28. The van der Waals surface area contributed by atoms with Gasteiger partial charge in [0.1, 0.15) is 0 Å². The highest BCUT2D eigenvalue weighted by atomic mass is 19.1. The lowest BCUT2D eigenvalue weighted by Crippen LogP contribution is -2.37. The molecule has 2 aliphatic rings. The number of fused-ring (bicyclic) bond motifs is 1. The van der Waals surface area contributed by atoms with E-state index in [2.05, 4.69) is 5.32 Å². The van der Waals surface area contributed by atoms with Crippen molar-refractivity contribution in [1.82, 2.24) is 15.1 Å². The summed E-state index contributed by atoms with van der Waals surface area (Å²) in [4.78, 5) is 27.3. The van der Waals surface area contributed by atoms with E-state index < -0.39 is 0 Å². The molecule has 6 heteroatoms. The molecule has 0 bridgehead atoms. The van der Waals surface area contributed by atoms with E-state index in [1.807, 2.05) is 13.0 Å². The van der Waals surface area contributed by atoms with Crippen LogP contribution in [0.1, 0.15) is 27.6 Å². The van der Waals surface area contributed by atoms with Crippen molar-refractivity contribution in [2.24, 2.45) is 0 Å². The fraction of sp³-hybridized carbons (Fsp3) is 0.333. The van der Waals surface area contributed by atoms with Crippen LogP contribution in [0.4, 0.5) is 4.39 Å². The monoisotopic (exact) mass is 329 g/mol.